The zero-order valence-corrected chi connectivity index (χ0v) is 14.4. The van der Waals surface area contributed by atoms with Crippen LogP contribution in [0.2, 0.25) is 19.6 Å². The highest BCUT2D eigenvalue weighted by molar-refractivity contribution is 6.89. The summed E-state index contributed by atoms with van der Waals surface area (Å²) in [7, 11) is -1.50. The highest BCUT2D eigenvalue weighted by Gasteiger charge is 2.22. The van der Waals surface area contributed by atoms with Crippen LogP contribution in [0.3, 0.4) is 0 Å². The Morgan fingerprint density at radius 1 is 1.15 bits per heavy atom. The number of benzene rings is 1. The van der Waals surface area contributed by atoms with Crippen molar-refractivity contribution in [2.45, 2.75) is 46.3 Å². The standard InChI is InChI=1S/C18H25NSi/c1-13(2)16-11-17(15-9-7-8-14(3)10-15)19-12-18(16)20(4,5)6/h7-13H,1-6H3/i13D. The molecule has 1 aromatic heterocycles. The van der Waals surface area contributed by atoms with Gasteiger partial charge in [0.2, 0.25) is 0 Å². The fourth-order valence-electron chi connectivity index (χ4n) is 2.43. The van der Waals surface area contributed by atoms with E-state index in [2.05, 4.69) is 61.9 Å². The summed E-state index contributed by atoms with van der Waals surface area (Å²) >= 11 is 0. The Labute approximate surface area is 125 Å². The van der Waals surface area contributed by atoms with Crippen LogP contribution in [0.4, 0.5) is 0 Å². The van der Waals surface area contributed by atoms with E-state index in [0.29, 0.717) is 0 Å². The lowest BCUT2D eigenvalue weighted by molar-refractivity contribution is 0.870. The van der Waals surface area contributed by atoms with Gasteiger partial charge < -0.3 is 0 Å². The number of nitrogens with zero attached hydrogens (tertiary/aromatic N) is 1. The third kappa shape index (κ3) is 3.18. The quantitative estimate of drug-likeness (QED) is 0.743. The zero-order valence-electron chi connectivity index (χ0n) is 14.4. The molecule has 2 heteroatoms. The Bertz CT molecular complexity index is 651. The van der Waals surface area contributed by atoms with Gasteiger partial charge in [-0.25, -0.2) is 0 Å². The van der Waals surface area contributed by atoms with Gasteiger partial charge in [-0.2, -0.15) is 0 Å². The molecule has 1 heterocycles. The molecular weight excluding hydrogens is 258 g/mol. The molecule has 1 nitrogen and oxygen atoms in total. The van der Waals surface area contributed by atoms with E-state index in [9.17, 15) is 0 Å². The maximum absolute atomic E-state index is 8.49. The fourth-order valence-corrected chi connectivity index (χ4v) is 4.01. The van der Waals surface area contributed by atoms with Gasteiger partial charge in [0.15, 0.2) is 0 Å². The van der Waals surface area contributed by atoms with Gasteiger partial charge in [0.25, 0.3) is 0 Å². The van der Waals surface area contributed by atoms with E-state index < -0.39 is 14.0 Å². The van der Waals surface area contributed by atoms with Crippen LogP contribution < -0.4 is 5.19 Å². The van der Waals surface area contributed by atoms with Gasteiger partial charge in [0.1, 0.15) is 0 Å². The summed E-state index contributed by atoms with van der Waals surface area (Å²) in [5, 5.41) is 1.29. The van der Waals surface area contributed by atoms with Gasteiger partial charge >= 0.3 is 0 Å². The van der Waals surface area contributed by atoms with Crippen LogP contribution in [-0.4, -0.2) is 13.1 Å². The van der Waals surface area contributed by atoms with Crippen molar-refractivity contribution in [1.29, 1.82) is 0 Å². The molecular formula is C18H25NSi. The van der Waals surface area contributed by atoms with Gasteiger partial charge in [-0.3, -0.25) is 4.98 Å². The summed E-state index contributed by atoms with van der Waals surface area (Å²) in [6, 6.07) is 10.5. The van der Waals surface area contributed by atoms with E-state index >= 15 is 0 Å². The molecule has 20 heavy (non-hydrogen) atoms. The van der Waals surface area contributed by atoms with Crippen LogP contribution in [0, 0.1) is 6.92 Å². The Morgan fingerprint density at radius 2 is 1.85 bits per heavy atom. The van der Waals surface area contributed by atoms with Crippen molar-refractivity contribution in [1.82, 2.24) is 4.98 Å². The molecule has 0 unspecified atom stereocenters. The number of aryl methyl sites for hydroxylation is 1. The number of hydrogen-bond acceptors (Lipinski definition) is 1. The lowest BCUT2D eigenvalue weighted by Crippen LogP contribution is -2.40. The Kier molecular flexibility index (Phi) is 3.75. The number of rotatable bonds is 3. The van der Waals surface area contributed by atoms with Crippen LogP contribution in [0.25, 0.3) is 11.3 Å². The van der Waals surface area contributed by atoms with E-state index in [1.807, 2.05) is 20.0 Å². The first-order valence-corrected chi connectivity index (χ1v) is 10.7. The normalized spacial score (nSPS) is 13.2. The minimum atomic E-state index is -1.50. The molecule has 0 aliphatic carbocycles. The Morgan fingerprint density at radius 3 is 2.40 bits per heavy atom. The maximum Gasteiger partial charge on any atom is 0.0799 e. The molecule has 0 atom stereocenters. The predicted octanol–water partition coefficient (Wildman–Crippen LogP) is 4.73. The van der Waals surface area contributed by atoms with Crippen LogP contribution in [0.5, 0.6) is 0 Å². The predicted molar refractivity (Wildman–Crippen MR) is 91.5 cm³/mol. The smallest absolute Gasteiger partial charge is 0.0799 e. The minimum Gasteiger partial charge on any atom is -0.256 e. The van der Waals surface area contributed by atoms with E-state index in [0.717, 1.165) is 16.8 Å². The third-order valence-corrected chi connectivity index (χ3v) is 5.58. The molecule has 106 valence electrons. The molecule has 0 aliphatic heterocycles. The van der Waals surface area contributed by atoms with Gasteiger partial charge in [-0.1, -0.05) is 57.3 Å². The average molecular weight is 284 g/mol. The molecule has 0 saturated heterocycles. The van der Waals surface area contributed by atoms with E-state index in [4.69, 9.17) is 1.37 Å². The fraction of sp³-hybridized carbons (Fsp3) is 0.389. The van der Waals surface area contributed by atoms with Crippen LogP contribution in [0.15, 0.2) is 36.5 Å². The summed E-state index contributed by atoms with van der Waals surface area (Å²) < 4.78 is 8.49. The first-order valence-electron chi connectivity index (χ1n) is 7.67. The molecule has 2 rings (SSSR count). The van der Waals surface area contributed by atoms with Crippen molar-refractivity contribution >= 4 is 13.3 Å². The summed E-state index contributed by atoms with van der Waals surface area (Å²) in [4.78, 5) is 4.68. The van der Waals surface area contributed by atoms with Crippen molar-refractivity contribution in [3.8, 4) is 11.3 Å². The summed E-state index contributed by atoms with van der Waals surface area (Å²) in [5.74, 6) is -0.600. The van der Waals surface area contributed by atoms with Crippen molar-refractivity contribution < 1.29 is 1.37 Å². The largest absolute Gasteiger partial charge is 0.256 e. The molecule has 0 amide bonds. The van der Waals surface area contributed by atoms with Crippen LogP contribution in [-0.2, 0) is 0 Å². The third-order valence-electron chi connectivity index (χ3n) is 3.56. The average Bonchev–Trinajstić information content (AvgIpc) is 2.36. The summed E-state index contributed by atoms with van der Waals surface area (Å²) in [6.07, 6.45) is 2.01. The van der Waals surface area contributed by atoms with Crippen LogP contribution >= 0.6 is 0 Å². The van der Waals surface area contributed by atoms with Gasteiger partial charge in [-0.05, 0) is 35.7 Å². The lowest BCUT2D eigenvalue weighted by Gasteiger charge is -2.23. The highest BCUT2D eigenvalue weighted by Crippen LogP contribution is 2.23. The molecule has 0 saturated carbocycles. The van der Waals surface area contributed by atoms with E-state index in [-0.39, 0.29) is 0 Å². The molecule has 0 bridgehead atoms. The SMILES string of the molecule is [2H]C(C)(C)c1cc(-c2cccc(C)c2)ncc1[Si](C)(C)C. The zero-order chi connectivity index (χ0) is 15.8. The second-order valence-corrected chi connectivity index (χ2v) is 11.8. The summed E-state index contributed by atoms with van der Waals surface area (Å²) in [6.45, 7) is 13.0. The Hall–Kier alpha value is -1.41. The first-order chi connectivity index (χ1) is 9.59. The highest BCUT2D eigenvalue weighted by atomic mass is 28.3. The molecule has 1 aromatic carbocycles. The molecule has 0 radical (unpaired) electrons. The second kappa shape index (κ2) is 5.53. The number of hydrogen-bond donors (Lipinski definition) is 0. The minimum absolute atomic E-state index is 0.600. The molecule has 0 N–H and O–H groups in total. The van der Waals surface area contributed by atoms with Crippen molar-refractivity contribution in [2.75, 3.05) is 0 Å². The van der Waals surface area contributed by atoms with E-state index in [1.54, 1.807) is 0 Å². The van der Waals surface area contributed by atoms with Crippen LogP contribution in [0.1, 0.15) is 32.2 Å². The van der Waals surface area contributed by atoms with Gasteiger partial charge in [-0.15, -0.1) is 0 Å². The topological polar surface area (TPSA) is 12.9 Å². The molecule has 0 fully saturated rings. The van der Waals surface area contributed by atoms with Crippen molar-refractivity contribution in [3.05, 3.63) is 47.7 Å². The number of aromatic nitrogens is 1. The maximum atomic E-state index is 8.49. The van der Waals surface area contributed by atoms with Gasteiger partial charge in [0.05, 0.1) is 13.8 Å². The number of pyridine rings is 1. The van der Waals surface area contributed by atoms with Gasteiger partial charge in [0, 0.05) is 13.1 Å². The van der Waals surface area contributed by atoms with Crippen molar-refractivity contribution in [2.24, 2.45) is 0 Å². The monoisotopic (exact) mass is 284 g/mol. The van der Waals surface area contributed by atoms with Crippen molar-refractivity contribution in [3.63, 3.8) is 0 Å². The second-order valence-electron chi connectivity index (χ2n) is 6.73. The molecule has 0 aliphatic rings. The molecule has 2 aromatic rings. The van der Waals surface area contributed by atoms with E-state index in [1.165, 1.54) is 10.8 Å². The summed E-state index contributed by atoms with van der Waals surface area (Å²) in [5.41, 5.74) is 4.45. The first kappa shape index (κ1) is 13.6. The Balaban J connectivity index is 2.63. The molecule has 0 spiro atoms. The lowest BCUT2D eigenvalue weighted by atomic mass is 10.0.